The summed E-state index contributed by atoms with van der Waals surface area (Å²) in [7, 11) is -1.67. The number of amides is 1. The molecule has 3 atom stereocenters. The summed E-state index contributed by atoms with van der Waals surface area (Å²) < 4.78 is 29.4. The molecule has 0 bridgehead atoms. The van der Waals surface area contributed by atoms with Gasteiger partial charge >= 0.3 is 0 Å². The predicted octanol–water partition coefficient (Wildman–Crippen LogP) is 3.45. The molecule has 1 aliphatic heterocycles. The van der Waals surface area contributed by atoms with E-state index in [0.717, 1.165) is 23.4 Å². The van der Waals surface area contributed by atoms with E-state index < -0.39 is 10.0 Å². The van der Waals surface area contributed by atoms with Gasteiger partial charge in [-0.3, -0.25) is 9.48 Å². The van der Waals surface area contributed by atoms with Gasteiger partial charge in [-0.15, -0.1) is 0 Å². The Balaban J connectivity index is 1.73. The van der Waals surface area contributed by atoms with Gasteiger partial charge in [0.15, 0.2) is 0 Å². The molecule has 1 fully saturated rings. The third-order valence-electron chi connectivity index (χ3n) is 5.99. The van der Waals surface area contributed by atoms with Crippen molar-refractivity contribution in [1.29, 1.82) is 0 Å². The van der Waals surface area contributed by atoms with E-state index in [-0.39, 0.29) is 16.7 Å². The SMILES string of the molecule is Cc1nn(C)c(C)c1C(C)C(=O)Nc1ccc(S(=O)(=O)N2CC(C)CC(C)C2)cc1. The van der Waals surface area contributed by atoms with E-state index in [1.165, 1.54) is 0 Å². The monoisotopic (exact) mass is 432 g/mol. The molecular formula is C22H32N4O3S. The molecule has 2 aromatic rings. The molecule has 30 heavy (non-hydrogen) atoms. The molecule has 1 aromatic heterocycles. The smallest absolute Gasteiger partial charge is 0.243 e. The number of piperidine rings is 1. The number of nitrogens with one attached hydrogen (secondary N) is 1. The van der Waals surface area contributed by atoms with E-state index in [1.807, 2.05) is 27.8 Å². The number of sulfonamides is 1. The van der Waals surface area contributed by atoms with Gasteiger partial charge in [0.2, 0.25) is 15.9 Å². The van der Waals surface area contributed by atoms with Crippen molar-refractivity contribution in [3.63, 3.8) is 0 Å². The Morgan fingerprint density at radius 1 is 1.13 bits per heavy atom. The second kappa shape index (κ2) is 8.51. The minimum atomic E-state index is -3.53. The number of aryl methyl sites for hydroxylation is 2. The summed E-state index contributed by atoms with van der Waals surface area (Å²) in [5.74, 6) is 0.188. The highest BCUT2D eigenvalue weighted by Crippen LogP contribution is 2.28. The number of hydrogen-bond acceptors (Lipinski definition) is 4. The zero-order chi connectivity index (χ0) is 22.2. The second-order valence-corrected chi connectivity index (χ2v) is 10.6. The Bertz CT molecular complexity index is 1020. The first kappa shape index (κ1) is 22.5. The first-order chi connectivity index (χ1) is 14.0. The molecule has 1 N–H and O–H groups in total. The van der Waals surface area contributed by atoms with Gasteiger partial charge in [0.25, 0.3) is 0 Å². The Labute approximate surface area is 179 Å². The summed E-state index contributed by atoms with van der Waals surface area (Å²) in [5, 5.41) is 7.27. The first-order valence-corrected chi connectivity index (χ1v) is 11.9. The van der Waals surface area contributed by atoms with Gasteiger partial charge in [0, 0.05) is 37.1 Å². The van der Waals surface area contributed by atoms with Crippen LogP contribution in [-0.2, 0) is 21.9 Å². The maximum atomic E-state index is 13.0. The lowest BCUT2D eigenvalue weighted by Crippen LogP contribution is -2.42. The highest BCUT2D eigenvalue weighted by atomic mass is 32.2. The topological polar surface area (TPSA) is 84.3 Å². The van der Waals surface area contributed by atoms with Gasteiger partial charge in [0.05, 0.1) is 16.5 Å². The number of rotatable bonds is 5. The van der Waals surface area contributed by atoms with Crippen LogP contribution < -0.4 is 5.32 Å². The molecule has 0 spiro atoms. The maximum absolute atomic E-state index is 13.0. The summed E-state index contributed by atoms with van der Waals surface area (Å²) in [6.45, 7) is 11.0. The summed E-state index contributed by atoms with van der Waals surface area (Å²) in [5.41, 5.74) is 3.29. The van der Waals surface area contributed by atoms with Crippen LogP contribution in [0.4, 0.5) is 5.69 Å². The molecule has 7 nitrogen and oxygen atoms in total. The fourth-order valence-corrected chi connectivity index (χ4v) is 6.14. The zero-order valence-corrected chi connectivity index (χ0v) is 19.5. The largest absolute Gasteiger partial charge is 0.326 e. The number of aromatic nitrogens is 2. The fraction of sp³-hybridized carbons (Fsp3) is 0.545. The molecule has 1 saturated heterocycles. The summed E-state index contributed by atoms with van der Waals surface area (Å²) in [6.07, 6.45) is 1.05. The Kier molecular flexibility index (Phi) is 6.38. The van der Waals surface area contributed by atoms with Gasteiger partial charge < -0.3 is 5.32 Å². The molecule has 1 aromatic carbocycles. The molecule has 2 heterocycles. The van der Waals surface area contributed by atoms with Crippen LogP contribution in [0.3, 0.4) is 0 Å². The van der Waals surface area contributed by atoms with Gasteiger partial charge in [-0.1, -0.05) is 13.8 Å². The van der Waals surface area contributed by atoms with E-state index >= 15 is 0 Å². The molecule has 8 heteroatoms. The molecule has 0 saturated carbocycles. The van der Waals surface area contributed by atoms with Crippen LogP contribution in [0, 0.1) is 25.7 Å². The van der Waals surface area contributed by atoms with Crippen LogP contribution in [0.15, 0.2) is 29.2 Å². The van der Waals surface area contributed by atoms with Crippen molar-refractivity contribution >= 4 is 21.6 Å². The van der Waals surface area contributed by atoms with Crippen molar-refractivity contribution in [3.8, 4) is 0 Å². The second-order valence-electron chi connectivity index (χ2n) is 8.71. The van der Waals surface area contributed by atoms with Crippen LogP contribution in [0.5, 0.6) is 0 Å². The number of nitrogens with zero attached hydrogens (tertiary/aromatic N) is 3. The van der Waals surface area contributed by atoms with Crippen LogP contribution in [0.2, 0.25) is 0 Å². The van der Waals surface area contributed by atoms with Crippen molar-refractivity contribution in [2.24, 2.45) is 18.9 Å². The fourth-order valence-electron chi connectivity index (χ4n) is 4.46. The molecule has 0 radical (unpaired) electrons. The number of carbonyl (C=O) groups excluding carboxylic acids is 1. The lowest BCUT2D eigenvalue weighted by atomic mass is 9.94. The van der Waals surface area contributed by atoms with Gasteiger partial charge in [0.1, 0.15) is 0 Å². The van der Waals surface area contributed by atoms with Gasteiger partial charge in [-0.05, 0) is 63.3 Å². The molecular weight excluding hydrogens is 400 g/mol. The molecule has 164 valence electrons. The predicted molar refractivity (Wildman–Crippen MR) is 118 cm³/mol. The van der Waals surface area contributed by atoms with E-state index in [2.05, 4.69) is 24.3 Å². The van der Waals surface area contributed by atoms with Crippen molar-refractivity contribution in [2.45, 2.75) is 51.9 Å². The maximum Gasteiger partial charge on any atom is 0.243 e. The zero-order valence-electron chi connectivity index (χ0n) is 18.6. The summed E-state index contributed by atoms with van der Waals surface area (Å²) in [6, 6.07) is 6.44. The minimum absolute atomic E-state index is 0.150. The average molecular weight is 433 g/mol. The lowest BCUT2D eigenvalue weighted by Gasteiger charge is -2.34. The average Bonchev–Trinajstić information content (AvgIpc) is 2.92. The normalized spacial score (nSPS) is 21.4. The molecule has 3 unspecified atom stereocenters. The standard InChI is InChI=1S/C22H32N4O3S/c1-14-11-15(2)13-26(12-14)30(28,29)20-9-7-19(8-10-20)23-22(27)16(3)21-17(4)24-25(6)18(21)5/h7-10,14-16H,11-13H2,1-6H3,(H,23,27). The highest BCUT2D eigenvalue weighted by molar-refractivity contribution is 7.89. The third kappa shape index (κ3) is 4.44. The quantitative estimate of drug-likeness (QED) is 0.784. The van der Waals surface area contributed by atoms with Crippen LogP contribution in [0.25, 0.3) is 0 Å². The van der Waals surface area contributed by atoms with Crippen LogP contribution in [-0.4, -0.2) is 41.5 Å². The van der Waals surface area contributed by atoms with Crippen molar-refractivity contribution < 1.29 is 13.2 Å². The number of anilines is 1. The lowest BCUT2D eigenvalue weighted by molar-refractivity contribution is -0.117. The molecule has 0 aliphatic carbocycles. The molecule has 1 aliphatic rings. The summed E-state index contributed by atoms with van der Waals surface area (Å²) in [4.78, 5) is 13.0. The van der Waals surface area contributed by atoms with Gasteiger partial charge in [-0.2, -0.15) is 9.40 Å². The number of benzene rings is 1. The highest BCUT2D eigenvalue weighted by Gasteiger charge is 2.31. The third-order valence-corrected chi connectivity index (χ3v) is 7.83. The van der Waals surface area contributed by atoms with E-state index in [1.54, 1.807) is 33.3 Å². The van der Waals surface area contributed by atoms with Crippen molar-refractivity contribution in [1.82, 2.24) is 14.1 Å². The number of carbonyl (C=O) groups is 1. The minimum Gasteiger partial charge on any atom is -0.326 e. The van der Waals surface area contributed by atoms with E-state index in [9.17, 15) is 13.2 Å². The van der Waals surface area contributed by atoms with Crippen LogP contribution >= 0.6 is 0 Å². The number of hydrogen-bond donors (Lipinski definition) is 1. The molecule has 3 rings (SSSR count). The van der Waals surface area contributed by atoms with Gasteiger partial charge in [-0.25, -0.2) is 8.42 Å². The summed E-state index contributed by atoms with van der Waals surface area (Å²) >= 11 is 0. The first-order valence-electron chi connectivity index (χ1n) is 10.4. The Hall–Kier alpha value is -2.19. The van der Waals surface area contributed by atoms with Crippen molar-refractivity contribution in [2.75, 3.05) is 18.4 Å². The molecule has 1 amide bonds. The van der Waals surface area contributed by atoms with Crippen molar-refractivity contribution in [3.05, 3.63) is 41.2 Å². The Morgan fingerprint density at radius 3 is 2.20 bits per heavy atom. The Morgan fingerprint density at radius 2 is 1.70 bits per heavy atom. The van der Waals surface area contributed by atoms with E-state index in [4.69, 9.17) is 0 Å². The van der Waals surface area contributed by atoms with Crippen LogP contribution in [0.1, 0.15) is 50.1 Å². The van der Waals surface area contributed by atoms with E-state index in [0.29, 0.717) is 30.6 Å².